The number of thiocarbonyl (C=S) groups is 1. The fourth-order valence-electron chi connectivity index (χ4n) is 0.933. The summed E-state index contributed by atoms with van der Waals surface area (Å²) in [6, 6.07) is 2.23. The van der Waals surface area contributed by atoms with E-state index >= 15 is 0 Å². The molecule has 0 aliphatic carbocycles. The predicted molar refractivity (Wildman–Crippen MR) is 48.8 cm³/mol. The molecule has 2 nitrogen and oxygen atoms in total. The van der Waals surface area contributed by atoms with Crippen LogP contribution in [0.1, 0.15) is 5.56 Å². The van der Waals surface area contributed by atoms with Crippen LogP contribution in [0.2, 0.25) is 0 Å². The summed E-state index contributed by atoms with van der Waals surface area (Å²) >= 11 is 4.55. The minimum Gasteiger partial charge on any atom is -0.496 e. The number of hydrogen-bond donors (Lipinski definition) is 1. The van der Waals surface area contributed by atoms with E-state index < -0.39 is 11.6 Å². The number of hydrogen-bond acceptors (Lipinski definition) is 2. The number of methoxy groups -OCH3 is 1. The second kappa shape index (κ2) is 3.66. The number of nitrogens with two attached hydrogens (primary N) is 1. The van der Waals surface area contributed by atoms with Crippen molar-refractivity contribution in [2.24, 2.45) is 5.73 Å². The first-order valence-electron chi connectivity index (χ1n) is 3.39. The van der Waals surface area contributed by atoms with Gasteiger partial charge in [0.2, 0.25) is 0 Å². The second-order valence-electron chi connectivity index (χ2n) is 2.30. The largest absolute Gasteiger partial charge is 0.496 e. The SMILES string of the molecule is COc1ccc(F)c(F)c1C(N)=S. The molecular weight excluding hydrogens is 196 g/mol. The molecule has 1 aromatic rings. The molecule has 0 spiro atoms. The van der Waals surface area contributed by atoms with Crippen molar-refractivity contribution in [1.29, 1.82) is 0 Å². The molecule has 0 aliphatic rings. The van der Waals surface area contributed by atoms with Crippen LogP contribution in [0.4, 0.5) is 8.78 Å². The molecule has 0 radical (unpaired) electrons. The minimum absolute atomic E-state index is 0.131. The van der Waals surface area contributed by atoms with Crippen LogP contribution in [0.15, 0.2) is 12.1 Å². The fourth-order valence-corrected chi connectivity index (χ4v) is 1.12. The van der Waals surface area contributed by atoms with Crippen molar-refractivity contribution < 1.29 is 13.5 Å². The van der Waals surface area contributed by atoms with Crippen LogP contribution in [0, 0.1) is 11.6 Å². The highest BCUT2D eigenvalue weighted by atomic mass is 32.1. The fraction of sp³-hybridized carbons (Fsp3) is 0.125. The van der Waals surface area contributed by atoms with Crippen LogP contribution in [0.5, 0.6) is 5.75 Å². The number of benzene rings is 1. The highest BCUT2D eigenvalue weighted by Crippen LogP contribution is 2.23. The predicted octanol–water partition coefficient (Wildman–Crippen LogP) is 1.61. The smallest absolute Gasteiger partial charge is 0.172 e. The van der Waals surface area contributed by atoms with Gasteiger partial charge in [-0.1, -0.05) is 12.2 Å². The normalized spacial score (nSPS) is 9.77. The molecule has 0 saturated carbocycles. The Labute approximate surface area is 79.3 Å². The van der Waals surface area contributed by atoms with Gasteiger partial charge in [-0.3, -0.25) is 0 Å². The molecule has 2 N–H and O–H groups in total. The third-order valence-electron chi connectivity index (χ3n) is 1.52. The van der Waals surface area contributed by atoms with E-state index in [1.165, 1.54) is 13.2 Å². The average molecular weight is 203 g/mol. The number of rotatable bonds is 2. The molecular formula is C8H7F2NOS. The molecule has 13 heavy (non-hydrogen) atoms. The van der Waals surface area contributed by atoms with Crippen molar-refractivity contribution in [3.8, 4) is 5.75 Å². The van der Waals surface area contributed by atoms with E-state index in [-0.39, 0.29) is 16.3 Å². The lowest BCUT2D eigenvalue weighted by molar-refractivity contribution is 0.405. The third-order valence-corrected chi connectivity index (χ3v) is 1.73. The van der Waals surface area contributed by atoms with Crippen molar-refractivity contribution in [3.05, 3.63) is 29.3 Å². The zero-order valence-corrected chi connectivity index (χ0v) is 7.62. The summed E-state index contributed by atoms with van der Waals surface area (Å²) in [4.78, 5) is -0.228. The van der Waals surface area contributed by atoms with Crippen LogP contribution in [-0.4, -0.2) is 12.1 Å². The summed E-state index contributed by atoms with van der Waals surface area (Å²) in [6.45, 7) is 0. The van der Waals surface area contributed by atoms with E-state index in [1.54, 1.807) is 0 Å². The van der Waals surface area contributed by atoms with E-state index in [4.69, 9.17) is 10.5 Å². The molecule has 0 amide bonds. The first-order chi connectivity index (χ1) is 6.07. The third kappa shape index (κ3) is 1.75. The molecule has 0 saturated heterocycles. The Hall–Kier alpha value is -1.23. The Balaban J connectivity index is 3.41. The molecule has 0 aliphatic heterocycles. The van der Waals surface area contributed by atoms with Crippen LogP contribution in [0.25, 0.3) is 0 Å². The Bertz CT molecular complexity index is 354. The lowest BCUT2D eigenvalue weighted by Gasteiger charge is -2.07. The standard InChI is InChI=1S/C8H7F2NOS/c1-12-5-3-2-4(9)7(10)6(5)8(11)13/h2-3H,1H3,(H2,11,13). The molecule has 0 fully saturated rings. The maximum atomic E-state index is 13.1. The molecule has 70 valence electrons. The van der Waals surface area contributed by atoms with Crippen molar-refractivity contribution in [2.45, 2.75) is 0 Å². The maximum absolute atomic E-state index is 13.1. The molecule has 0 aromatic heterocycles. The maximum Gasteiger partial charge on any atom is 0.172 e. The zero-order chi connectivity index (χ0) is 10.0. The molecule has 0 atom stereocenters. The van der Waals surface area contributed by atoms with Gasteiger partial charge in [-0.2, -0.15) is 0 Å². The summed E-state index contributed by atoms with van der Waals surface area (Å²) < 4.78 is 30.6. The zero-order valence-electron chi connectivity index (χ0n) is 6.80. The van der Waals surface area contributed by atoms with Crippen molar-refractivity contribution in [3.63, 3.8) is 0 Å². The molecule has 0 heterocycles. The Morgan fingerprint density at radius 1 is 1.46 bits per heavy atom. The van der Waals surface area contributed by atoms with Crippen molar-refractivity contribution >= 4 is 17.2 Å². The van der Waals surface area contributed by atoms with E-state index in [2.05, 4.69) is 12.2 Å². The van der Waals surface area contributed by atoms with Gasteiger partial charge in [0.05, 0.1) is 12.7 Å². The minimum atomic E-state index is -1.08. The first kappa shape index (κ1) is 9.85. The average Bonchev–Trinajstić information content (AvgIpc) is 2.08. The van der Waals surface area contributed by atoms with Crippen LogP contribution in [0.3, 0.4) is 0 Å². The van der Waals surface area contributed by atoms with Gasteiger partial charge in [0.15, 0.2) is 11.6 Å². The van der Waals surface area contributed by atoms with Crippen LogP contribution in [-0.2, 0) is 0 Å². The second-order valence-corrected chi connectivity index (χ2v) is 2.74. The number of halogens is 2. The lowest BCUT2D eigenvalue weighted by atomic mass is 10.2. The Morgan fingerprint density at radius 3 is 2.54 bits per heavy atom. The van der Waals surface area contributed by atoms with Crippen molar-refractivity contribution in [2.75, 3.05) is 7.11 Å². The van der Waals surface area contributed by atoms with Crippen LogP contribution < -0.4 is 10.5 Å². The van der Waals surface area contributed by atoms with Gasteiger partial charge in [0, 0.05) is 0 Å². The van der Waals surface area contributed by atoms with Gasteiger partial charge in [-0.15, -0.1) is 0 Å². The summed E-state index contributed by atoms with van der Waals surface area (Å²) in [5.41, 5.74) is 5.01. The molecule has 0 bridgehead atoms. The molecule has 5 heteroatoms. The highest BCUT2D eigenvalue weighted by Gasteiger charge is 2.15. The molecule has 0 unspecified atom stereocenters. The molecule has 1 aromatic carbocycles. The van der Waals surface area contributed by atoms with Crippen LogP contribution >= 0.6 is 12.2 Å². The quantitative estimate of drug-likeness (QED) is 0.741. The van der Waals surface area contributed by atoms with Crippen molar-refractivity contribution in [1.82, 2.24) is 0 Å². The highest BCUT2D eigenvalue weighted by molar-refractivity contribution is 7.80. The molecule has 1 rings (SSSR count). The van der Waals surface area contributed by atoms with E-state index in [0.717, 1.165) is 6.07 Å². The summed E-state index contributed by atoms with van der Waals surface area (Å²) in [5, 5.41) is 0. The number of ether oxygens (including phenoxy) is 1. The Morgan fingerprint density at radius 2 is 2.08 bits per heavy atom. The van der Waals surface area contributed by atoms with E-state index in [1.807, 2.05) is 0 Å². The van der Waals surface area contributed by atoms with Gasteiger partial charge in [0.1, 0.15) is 10.7 Å². The van der Waals surface area contributed by atoms with E-state index in [0.29, 0.717) is 0 Å². The monoisotopic (exact) mass is 203 g/mol. The summed E-state index contributed by atoms with van der Waals surface area (Å²) in [7, 11) is 1.33. The topological polar surface area (TPSA) is 35.2 Å². The van der Waals surface area contributed by atoms with E-state index in [9.17, 15) is 8.78 Å². The van der Waals surface area contributed by atoms with Gasteiger partial charge in [-0.05, 0) is 12.1 Å². The summed E-state index contributed by atoms with van der Waals surface area (Å²) in [5.74, 6) is -1.94. The van der Waals surface area contributed by atoms with Gasteiger partial charge in [0.25, 0.3) is 0 Å². The lowest BCUT2D eigenvalue weighted by Crippen LogP contribution is -2.14. The van der Waals surface area contributed by atoms with Gasteiger partial charge >= 0.3 is 0 Å². The van der Waals surface area contributed by atoms with Gasteiger partial charge in [-0.25, -0.2) is 8.78 Å². The first-order valence-corrected chi connectivity index (χ1v) is 3.80. The Kier molecular flexibility index (Phi) is 2.77. The summed E-state index contributed by atoms with van der Waals surface area (Å²) in [6.07, 6.45) is 0. The van der Waals surface area contributed by atoms with Gasteiger partial charge < -0.3 is 10.5 Å².